The van der Waals surface area contributed by atoms with Gasteiger partial charge in [0.05, 0.1) is 18.3 Å². The number of benzene rings is 2. The zero-order chi connectivity index (χ0) is 19.7. The molecule has 4 rings (SSSR count). The third-order valence-corrected chi connectivity index (χ3v) is 5.08. The van der Waals surface area contributed by atoms with Crippen LogP contribution in [0.5, 0.6) is 0 Å². The number of methoxy groups -OCH3 is 1. The lowest BCUT2D eigenvalue weighted by atomic mass is 9.91. The van der Waals surface area contributed by atoms with Gasteiger partial charge < -0.3 is 9.47 Å². The van der Waals surface area contributed by atoms with Gasteiger partial charge in [-0.25, -0.2) is 19.6 Å². The summed E-state index contributed by atoms with van der Waals surface area (Å²) in [5, 5.41) is 1.70. The number of carbonyl (C=O) groups is 2. The van der Waals surface area contributed by atoms with Crippen molar-refractivity contribution in [1.82, 2.24) is 4.90 Å². The second kappa shape index (κ2) is 7.61. The summed E-state index contributed by atoms with van der Waals surface area (Å²) >= 11 is 0. The van der Waals surface area contributed by atoms with Crippen LogP contribution >= 0.6 is 0 Å². The highest BCUT2D eigenvalue weighted by atomic mass is 16.8. The van der Waals surface area contributed by atoms with Crippen molar-refractivity contribution in [3.05, 3.63) is 65.7 Å². The van der Waals surface area contributed by atoms with E-state index < -0.39 is 24.3 Å². The Morgan fingerprint density at radius 1 is 1.11 bits per heavy atom. The zero-order valence-corrected chi connectivity index (χ0v) is 15.8. The number of hydroxylamine groups is 1. The average molecular weight is 382 g/mol. The van der Waals surface area contributed by atoms with E-state index in [9.17, 15) is 9.59 Å². The van der Waals surface area contributed by atoms with Gasteiger partial charge in [0.25, 0.3) is 0 Å². The zero-order valence-electron chi connectivity index (χ0n) is 15.8. The van der Waals surface area contributed by atoms with Crippen LogP contribution in [-0.2, 0) is 19.1 Å². The molecule has 0 radical (unpaired) electrons. The third-order valence-electron chi connectivity index (χ3n) is 5.08. The van der Waals surface area contributed by atoms with E-state index in [2.05, 4.69) is 0 Å². The first-order chi connectivity index (χ1) is 13.6. The van der Waals surface area contributed by atoms with E-state index in [-0.39, 0.29) is 19.1 Å². The number of imide groups is 1. The molecule has 146 valence electrons. The molecule has 0 saturated carbocycles. The minimum Gasteiger partial charge on any atom is -0.447 e. The van der Waals surface area contributed by atoms with Crippen molar-refractivity contribution in [3.8, 4) is 0 Å². The van der Waals surface area contributed by atoms with Gasteiger partial charge in [0, 0.05) is 7.11 Å². The highest BCUT2D eigenvalue weighted by molar-refractivity contribution is 5.95. The fraction of sp³-hybridized carbons (Fsp3) is 0.333. The second-order valence-corrected chi connectivity index (χ2v) is 6.86. The van der Waals surface area contributed by atoms with Crippen LogP contribution in [0.3, 0.4) is 0 Å². The number of para-hydroxylation sites is 1. The molecular weight excluding hydrogens is 360 g/mol. The van der Waals surface area contributed by atoms with Gasteiger partial charge in [0.1, 0.15) is 12.5 Å². The van der Waals surface area contributed by atoms with Crippen molar-refractivity contribution in [3.63, 3.8) is 0 Å². The Morgan fingerprint density at radius 3 is 2.43 bits per heavy atom. The Bertz CT molecular complexity index is 855. The Morgan fingerprint density at radius 2 is 1.82 bits per heavy atom. The number of ether oxygens (including phenoxy) is 2. The maximum atomic E-state index is 13.3. The van der Waals surface area contributed by atoms with E-state index >= 15 is 0 Å². The lowest BCUT2D eigenvalue weighted by Gasteiger charge is -2.27. The molecule has 2 fully saturated rings. The van der Waals surface area contributed by atoms with Gasteiger partial charge in [-0.2, -0.15) is 0 Å². The van der Waals surface area contributed by atoms with Crippen LogP contribution in [0.1, 0.15) is 17.2 Å². The first kappa shape index (κ1) is 18.5. The van der Waals surface area contributed by atoms with Crippen LogP contribution < -0.4 is 5.06 Å². The molecule has 2 aliphatic heterocycles. The van der Waals surface area contributed by atoms with Crippen LogP contribution in [0.2, 0.25) is 0 Å². The normalized spacial score (nSPS) is 24.5. The Balaban J connectivity index is 1.77. The monoisotopic (exact) mass is 382 g/mol. The van der Waals surface area contributed by atoms with E-state index in [4.69, 9.17) is 14.3 Å². The molecule has 2 aliphatic rings. The van der Waals surface area contributed by atoms with E-state index in [0.717, 1.165) is 21.7 Å². The number of cyclic esters (lactones) is 1. The third kappa shape index (κ3) is 3.23. The largest absolute Gasteiger partial charge is 0.447 e. The SMILES string of the molecule is CO[C@H]1ON(c2ccccc2)[C@H](c2ccc(C)cc2)[C@H]1C(=O)N1CCOC1=O. The van der Waals surface area contributed by atoms with Gasteiger partial charge >= 0.3 is 6.09 Å². The lowest BCUT2D eigenvalue weighted by Crippen LogP contribution is -2.42. The molecule has 0 spiro atoms. The molecule has 2 aromatic rings. The molecule has 28 heavy (non-hydrogen) atoms. The molecule has 3 atom stereocenters. The van der Waals surface area contributed by atoms with Crippen LogP contribution in [0.15, 0.2) is 54.6 Å². The number of anilines is 1. The summed E-state index contributed by atoms with van der Waals surface area (Å²) in [6, 6.07) is 17.0. The van der Waals surface area contributed by atoms with E-state index in [1.807, 2.05) is 61.5 Å². The smallest absolute Gasteiger partial charge is 0.416 e. The maximum Gasteiger partial charge on any atom is 0.416 e. The summed E-state index contributed by atoms with van der Waals surface area (Å²) in [6.07, 6.45) is -1.45. The number of nitrogens with zero attached hydrogens (tertiary/aromatic N) is 2. The van der Waals surface area contributed by atoms with Gasteiger partial charge in [-0.1, -0.05) is 48.0 Å². The quantitative estimate of drug-likeness (QED) is 0.810. The summed E-state index contributed by atoms with van der Waals surface area (Å²) in [5.74, 6) is -1.09. The molecule has 0 aliphatic carbocycles. The number of aryl methyl sites for hydroxylation is 1. The first-order valence-corrected chi connectivity index (χ1v) is 9.18. The molecule has 0 unspecified atom stereocenters. The Hall–Kier alpha value is -2.90. The predicted octanol–water partition coefficient (Wildman–Crippen LogP) is 3.06. The molecule has 7 nitrogen and oxygen atoms in total. The predicted molar refractivity (Wildman–Crippen MR) is 101 cm³/mol. The number of carbonyl (C=O) groups excluding carboxylic acids is 2. The standard InChI is InChI=1S/C21H22N2O5/c1-14-8-10-15(11-9-14)18-17(19(24)22-12-13-27-21(22)25)20(26-2)28-23(18)16-6-4-3-5-7-16/h3-11,17-18,20H,12-13H2,1-2H3/t17-,18+,20-/m0/s1. The number of amides is 2. The van der Waals surface area contributed by atoms with Crippen LogP contribution in [0.4, 0.5) is 10.5 Å². The highest BCUT2D eigenvalue weighted by Crippen LogP contribution is 2.43. The topological polar surface area (TPSA) is 68.3 Å². The van der Waals surface area contributed by atoms with Crippen LogP contribution in [-0.4, -0.2) is 43.5 Å². The minimum atomic E-state index is -0.826. The first-order valence-electron chi connectivity index (χ1n) is 9.18. The number of hydrogen-bond donors (Lipinski definition) is 0. The van der Waals surface area contributed by atoms with Crippen molar-refractivity contribution in [2.45, 2.75) is 19.3 Å². The summed E-state index contributed by atoms with van der Waals surface area (Å²) in [7, 11) is 1.49. The molecule has 0 N–H and O–H groups in total. The van der Waals surface area contributed by atoms with Crippen molar-refractivity contribution >= 4 is 17.7 Å². The second-order valence-electron chi connectivity index (χ2n) is 6.86. The van der Waals surface area contributed by atoms with Gasteiger partial charge in [-0.15, -0.1) is 0 Å². The fourth-order valence-electron chi connectivity index (χ4n) is 3.66. The average Bonchev–Trinajstić information content (AvgIpc) is 3.32. The van der Waals surface area contributed by atoms with Crippen LogP contribution in [0, 0.1) is 12.8 Å². The summed E-state index contributed by atoms with van der Waals surface area (Å²) in [6.45, 7) is 2.44. The molecular formula is C21H22N2O5. The summed E-state index contributed by atoms with van der Waals surface area (Å²) < 4.78 is 10.5. The molecule has 2 saturated heterocycles. The Kier molecular flexibility index (Phi) is 5.02. The number of hydrogen-bond acceptors (Lipinski definition) is 6. The molecule has 0 bridgehead atoms. The lowest BCUT2D eigenvalue weighted by molar-refractivity contribution is -0.151. The Labute approximate surface area is 163 Å². The summed E-state index contributed by atoms with van der Waals surface area (Å²) in [4.78, 5) is 32.5. The van der Waals surface area contributed by atoms with Crippen molar-refractivity contribution in [2.75, 3.05) is 25.3 Å². The van der Waals surface area contributed by atoms with Gasteiger partial charge in [-0.3, -0.25) is 4.79 Å². The molecule has 2 heterocycles. The minimum absolute atomic E-state index is 0.202. The number of rotatable bonds is 4. The van der Waals surface area contributed by atoms with Crippen LogP contribution in [0.25, 0.3) is 0 Å². The molecule has 2 aromatic carbocycles. The van der Waals surface area contributed by atoms with Gasteiger partial charge in [0.2, 0.25) is 5.91 Å². The summed E-state index contributed by atoms with van der Waals surface area (Å²) in [5.41, 5.74) is 2.82. The van der Waals surface area contributed by atoms with E-state index in [1.165, 1.54) is 7.11 Å². The van der Waals surface area contributed by atoms with E-state index in [0.29, 0.717) is 0 Å². The molecule has 0 aromatic heterocycles. The highest BCUT2D eigenvalue weighted by Gasteiger charge is 2.52. The molecule has 2 amide bonds. The van der Waals surface area contributed by atoms with Crippen molar-refractivity contribution in [1.29, 1.82) is 0 Å². The molecule has 7 heteroatoms. The van der Waals surface area contributed by atoms with Gasteiger partial charge in [0.15, 0.2) is 6.29 Å². The van der Waals surface area contributed by atoms with Crippen molar-refractivity contribution in [2.24, 2.45) is 5.92 Å². The maximum absolute atomic E-state index is 13.3. The fourth-order valence-corrected chi connectivity index (χ4v) is 3.66. The van der Waals surface area contributed by atoms with Gasteiger partial charge in [-0.05, 0) is 24.6 Å². The van der Waals surface area contributed by atoms with E-state index in [1.54, 1.807) is 5.06 Å². The van der Waals surface area contributed by atoms with Crippen molar-refractivity contribution < 1.29 is 23.9 Å².